The molecule has 1 amide bonds. The minimum Gasteiger partial charge on any atom is -0.370 e. The molecule has 1 heterocycles. The van der Waals surface area contributed by atoms with Gasteiger partial charge in [-0.1, -0.05) is 23.7 Å². The summed E-state index contributed by atoms with van der Waals surface area (Å²) in [6.45, 7) is 1.63. The van der Waals surface area contributed by atoms with E-state index < -0.39 is 16.6 Å². The lowest BCUT2D eigenvalue weighted by atomic mass is 10.2. The minimum absolute atomic E-state index is 0.0169. The maximum atomic E-state index is 14.3. The van der Waals surface area contributed by atoms with Gasteiger partial charge in [-0.15, -0.1) is 0 Å². The molecule has 0 aliphatic carbocycles. The molecule has 0 aromatic heterocycles. The second-order valence-electron chi connectivity index (χ2n) is 6.12. The Hall–Kier alpha value is -2.93. The average Bonchev–Trinajstić information content (AvgIpc) is 3.17. The first-order valence-electron chi connectivity index (χ1n) is 8.42. The number of amides is 1. The van der Waals surface area contributed by atoms with Crippen molar-refractivity contribution in [3.05, 3.63) is 69.0 Å². The van der Waals surface area contributed by atoms with E-state index in [1.807, 2.05) is 4.90 Å². The number of para-hydroxylation sites is 1. The Labute approximate surface area is 160 Å². The van der Waals surface area contributed by atoms with Gasteiger partial charge in [-0.05, 0) is 42.7 Å². The smallest absolute Gasteiger partial charge is 0.288 e. The molecule has 1 fully saturated rings. The SMILES string of the molecule is O=C(/C=C/c1ccc(Cl)c([N+](=O)[O-])c1)Nc1c(F)cccc1N1CCCC1. The quantitative estimate of drug-likeness (QED) is 0.459. The van der Waals surface area contributed by atoms with Crippen molar-refractivity contribution in [2.24, 2.45) is 0 Å². The van der Waals surface area contributed by atoms with Crippen molar-refractivity contribution in [1.29, 1.82) is 0 Å². The number of nitro groups is 1. The highest BCUT2D eigenvalue weighted by Gasteiger charge is 2.19. The summed E-state index contributed by atoms with van der Waals surface area (Å²) in [6, 6.07) is 8.89. The van der Waals surface area contributed by atoms with Crippen LogP contribution in [0.15, 0.2) is 42.5 Å². The molecular formula is C19H17ClFN3O3. The van der Waals surface area contributed by atoms with Crippen LogP contribution in [-0.2, 0) is 4.79 Å². The summed E-state index contributed by atoms with van der Waals surface area (Å²) >= 11 is 5.77. The largest absolute Gasteiger partial charge is 0.370 e. The molecule has 8 heteroatoms. The predicted octanol–water partition coefficient (Wildman–Crippen LogP) is 4.64. The number of nitrogens with zero attached hydrogens (tertiary/aromatic N) is 2. The molecule has 140 valence electrons. The Morgan fingerprint density at radius 3 is 2.70 bits per heavy atom. The molecule has 1 saturated heterocycles. The maximum Gasteiger partial charge on any atom is 0.288 e. The van der Waals surface area contributed by atoms with Crippen LogP contribution in [0.1, 0.15) is 18.4 Å². The lowest BCUT2D eigenvalue weighted by molar-refractivity contribution is -0.384. The highest BCUT2D eigenvalue weighted by atomic mass is 35.5. The molecule has 2 aromatic rings. The first-order chi connectivity index (χ1) is 13.0. The fraction of sp³-hybridized carbons (Fsp3) is 0.211. The van der Waals surface area contributed by atoms with Crippen LogP contribution < -0.4 is 10.2 Å². The fourth-order valence-electron chi connectivity index (χ4n) is 2.97. The number of rotatable bonds is 5. The number of nitrogens with one attached hydrogen (secondary N) is 1. The van der Waals surface area contributed by atoms with Gasteiger partial charge in [-0.2, -0.15) is 0 Å². The van der Waals surface area contributed by atoms with Gasteiger partial charge in [-0.3, -0.25) is 14.9 Å². The molecule has 1 aliphatic heterocycles. The number of hydrogen-bond acceptors (Lipinski definition) is 4. The lowest BCUT2D eigenvalue weighted by Crippen LogP contribution is -2.21. The summed E-state index contributed by atoms with van der Waals surface area (Å²) in [4.78, 5) is 24.6. The third-order valence-electron chi connectivity index (χ3n) is 4.28. The Bertz CT molecular complexity index is 911. The third kappa shape index (κ3) is 4.43. The van der Waals surface area contributed by atoms with Crippen molar-refractivity contribution in [3.63, 3.8) is 0 Å². The van der Waals surface area contributed by atoms with Crippen LogP contribution in [0, 0.1) is 15.9 Å². The van der Waals surface area contributed by atoms with Crippen LogP contribution in [0.5, 0.6) is 0 Å². The first kappa shape index (κ1) is 18.8. The molecule has 0 bridgehead atoms. The van der Waals surface area contributed by atoms with Crippen molar-refractivity contribution in [3.8, 4) is 0 Å². The highest BCUT2D eigenvalue weighted by molar-refractivity contribution is 6.32. The van der Waals surface area contributed by atoms with Crippen molar-refractivity contribution in [1.82, 2.24) is 0 Å². The number of benzene rings is 2. The molecule has 1 aliphatic rings. The number of halogens is 2. The lowest BCUT2D eigenvalue weighted by Gasteiger charge is -2.21. The van der Waals surface area contributed by atoms with E-state index in [0.717, 1.165) is 25.9 Å². The van der Waals surface area contributed by atoms with Crippen molar-refractivity contribution in [2.75, 3.05) is 23.3 Å². The van der Waals surface area contributed by atoms with E-state index in [4.69, 9.17) is 11.6 Å². The highest BCUT2D eigenvalue weighted by Crippen LogP contribution is 2.31. The molecular weight excluding hydrogens is 373 g/mol. The van der Waals surface area contributed by atoms with Crippen LogP contribution in [0.4, 0.5) is 21.5 Å². The molecule has 27 heavy (non-hydrogen) atoms. The molecule has 0 unspecified atom stereocenters. The summed E-state index contributed by atoms with van der Waals surface area (Å²) in [7, 11) is 0. The Balaban J connectivity index is 1.78. The zero-order chi connectivity index (χ0) is 19.4. The Morgan fingerprint density at radius 2 is 2.00 bits per heavy atom. The van der Waals surface area contributed by atoms with Crippen molar-refractivity contribution >= 4 is 40.6 Å². The molecule has 3 rings (SSSR count). The van der Waals surface area contributed by atoms with E-state index in [2.05, 4.69) is 5.32 Å². The number of hydrogen-bond donors (Lipinski definition) is 1. The molecule has 1 N–H and O–H groups in total. The summed E-state index contributed by atoms with van der Waals surface area (Å²) in [5.74, 6) is -1.04. The van der Waals surface area contributed by atoms with Gasteiger partial charge in [0, 0.05) is 25.2 Å². The van der Waals surface area contributed by atoms with Crippen molar-refractivity contribution in [2.45, 2.75) is 12.8 Å². The number of anilines is 2. The monoisotopic (exact) mass is 389 g/mol. The van der Waals surface area contributed by atoms with E-state index in [0.29, 0.717) is 11.3 Å². The van der Waals surface area contributed by atoms with Crippen LogP contribution in [0.2, 0.25) is 5.02 Å². The number of nitro benzene ring substituents is 1. The Kier molecular flexibility index (Phi) is 5.71. The number of carbonyl (C=O) groups is 1. The van der Waals surface area contributed by atoms with Crippen LogP contribution in [0.3, 0.4) is 0 Å². The third-order valence-corrected chi connectivity index (χ3v) is 4.60. The molecule has 0 radical (unpaired) electrons. The predicted molar refractivity (Wildman–Crippen MR) is 104 cm³/mol. The van der Waals surface area contributed by atoms with Gasteiger partial charge < -0.3 is 10.2 Å². The number of carbonyl (C=O) groups excluding carboxylic acids is 1. The molecule has 0 spiro atoms. The van der Waals surface area contributed by atoms with E-state index in [-0.39, 0.29) is 16.4 Å². The van der Waals surface area contributed by atoms with Gasteiger partial charge in [-0.25, -0.2) is 4.39 Å². The molecule has 2 aromatic carbocycles. The standard InChI is InChI=1S/C19H17ClFN3O3/c20-14-8-6-13(12-17(14)24(26)27)7-9-18(25)22-19-15(21)4-3-5-16(19)23-10-1-2-11-23/h3-9,12H,1-2,10-11H2,(H,22,25)/b9-7+. The summed E-state index contributed by atoms with van der Waals surface area (Å²) in [5.41, 5.74) is 0.978. The second-order valence-corrected chi connectivity index (χ2v) is 6.53. The van der Waals surface area contributed by atoms with Gasteiger partial charge in [0.25, 0.3) is 5.69 Å². The molecule has 6 nitrogen and oxygen atoms in total. The maximum absolute atomic E-state index is 14.3. The zero-order valence-corrected chi connectivity index (χ0v) is 15.1. The summed E-state index contributed by atoms with van der Waals surface area (Å²) < 4.78 is 14.3. The van der Waals surface area contributed by atoms with Gasteiger partial charge in [0.2, 0.25) is 5.91 Å². The normalized spacial score (nSPS) is 13.9. The van der Waals surface area contributed by atoms with Crippen LogP contribution in [0.25, 0.3) is 6.08 Å². The van der Waals surface area contributed by atoms with E-state index in [9.17, 15) is 19.3 Å². The molecule has 0 atom stereocenters. The minimum atomic E-state index is -0.596. The van der Waals surface area contributed by atoms with Crippen molar-refractivity contribution < 1.29 is 14.1 Å². The topological polar surface area (TPSA) is 75.5 Å². The Morgan fingerprint density at radius 1 is 1.26 bits per heavy atom. The van der Waals surface area contributed by atoms with Crippen LogP contribution >= 0.6 is 11.6 Å². The molecule has 0 saturated carbocycles. The first-order valence-corrected chi connectivity index (χ1v) is 8.80. The van der Waals surface area contributed by atoms with Gasteiger partial charge in [0.05, 0.1) is 10.6 Å². The summed E-state index contributed by atoms with van der Waals surface area (Å²) in [6.07, 6.45) is 4.67. The van der Waals surface area contributed by atoms with E-state index >= 15 is 0 Å². The van der Waals surface area contributed by atoms with Gasteiger partial charge in [0.1, 0.15) is 16.5 Å². The summed E-state index contributed by atoms with van der Waals surface area (Å²) in [5, 5.41) is 13.5. The fourth-order valence-corrected chi connectivity index (χ4v) is 3.15. The van der Waals surface area contributed by atoms with E-state index in [1.54, 1.807) is 18.2 Å². The van der Waals surface area contributed by atoms with E-state index in [1.165, 1.54) is 30.4 Å². The second kappa shape index (κ2) is 8.18. The average molecular weight is 390 g/mol. The van der Waals surface area contributed by atoms with Crippen LogP contribution in [-0.4, -0.2) is 23.9 Å². The zero-order valence-electron chi connectivity index (χ0n) is 14.3. The van der Waals surface area contributed by atoms with Gasteiger partial charge in [0.15, 0.2) is 0 Å². The van der Waals surface area contributed by atoms with Gasteiger partial charge >= 0.3 is 0 Å².